The van der Waals surface area contributed by atoms with E-state index in [-0.39, 0.29) is 19.5 Å². The zero-order chi connectivity index (χ0) is 9.98. The molecule has 0 saturated carbocycles. The monoisotopic (exact) mass is 278 g/mol. The Hall–Kier alpha value is 0.843. The summed E-state index contributed by atoms with van der Waals surface area (Å²) in [5, 5.41) is 0. The molecule has 0 amide bonds. The van der Waals surface area contributed by atoms with E-state index in [1.165, 1.54) is 0 Å². The van der Waals surface area contributed by atoms with E-state index in [4.69, 9.17) is 0 Å². The standard InChI is InChI=1S/2C3H8O2S.Zn/c2*1-2-3-6(4)5;/h2*2-3H2,1H3,(H,4,5);/q;;+2/p-2. The maximum absolute atomic E-state index is 9.60. The molecule has 0 aliphatic heterocycles. The van der Waals surface area contributed by atoms with E-state index in [0.29, 0.717) is 11.5 Å². The van der Waals surface area contributed by atoms with E-state index in [1.807, 2.05) is 13.8 Å². The van der Waals surface area contributed by atoms with E-state index in [2.05, 4.69) is 0 Å². The Morgan fingerprint density at radius 1 is 0.923 bits per heavy atom. The largest absolute Gasteiger partial charge is 2.00 e. The Balaban J connectivity index is -0.000000143. The summed E-state index contributed by atoms with van der Waals surface area (Å²) in [6, 6.07) is 0. The molecular weight excluding hydrogens is 266 g/mol. The van der Waals surface area contributed by atoms with Crippen molar-refractivity contribution in [1.82, 2.24) is 0 Å². The second-order valence-corrected chi connectivity index (χ2v) is 4.05. The van der Waals surface area contributed by atoms with Crippen LogP contribution in [0.1, 0.15) is 26.7 Å². The van der Waals surface area contributed by atoms with Crippen molar-refractivity contribution in [3.8, 4) is 0 Å². The predicted molar refractivity (Wildman–Crippen MR) is 48.2 cm³/mol. The van der Waals surface area contributed by atoms with Gasteiger partial charge in [-0.15, -0.1) is 0 Å². The summed E-state index contributed by atoms with van der Waals surface area (Å²) >= 11 is -3.63. The van der Waals surface area contributed by atoms with Crippen LogP contribution in [0, 0.1) is 0 Å². The SMILES string of the molecule is CCCS(=O)[O-].CCCS(=O)[O-].[Zn+2]. The number of hydrogen-bond acceptors (Lipinski definition) is 4. The van der Waals surface area contributed by atoms with Crippen molar-refractivity contribution in [1.29, 1.82) is 0 Å². The smallest absolute Gasteiger partial charge is 0.772 e. The molecule has 0 aromatic carbocycles. The molecule has 0 aliphatic carbocycles. The Kier molecular flexibility index (Phi) is 22.9. The van der Waals surface area contributed by atoms with Crippen LogP contribution in [-0.4, -0.2) is 29.0 Å². The van der Waals surface area contributed by atoms with Gasteiger partial charge in [0.05, 0.1) is 0 Å². The summed E-state index contributed by atoms with van der Waals surface area (Å²) in [7, 11) is 0. The topological polar surface area (TPSA) is 80.3 Å². The van der Waals surface area contributed by atoms with Gasteiger partial charge < -0.3 is 9.11 Å². The minimum absolute atomic E-state index is 0. The van der Waals surface area contributed by atoms with Crippen molar-refractivity contribution >= 4 is 22.2 Å². The van der Waals surface area contributed by atoms with Crippen LogP contribution in [0.5, 0.6) is 0 Å². The summed E-state index contributed by atoms with van der Waals surface area (Å²) in [5.41, 5.74) is 0. The first-order valence-corrected chi connectivity index (χ1v) is 6.15. The van der Waals surface area contributed by atoms with Gasteiger partial charge in [-0.1, -0.05) is 36.0 Å². The Morgan fingerprint density at radius 3 is 1.15 bits per heavy atom. The third-order valence-corrected chi connectivity index (χ3v) is 2.22. The van der Waals surface area contributed by atoms with Gasteiger partial charge in [-0.05, 0) is 12.8 Å². The van der Waals surface area contributed by atoms with Gasteiger partial charge in [-0.3, -0.25) is 8.42 Å². The molecule has 2 unspecified atom stereocenters. The molecule has 0 spiro atoms. The average Bonchev–Trinajstić information content (AvgIpc) is 1.87. The normalized spacial score (nSPS) is 13.2. The van der Waals surface area contributed by atoms with E-state index in [9.17, 15) is 17.5 Å². The molecule has 7 heteroatoms. The third kappa shape index (κ3) is 32.2. The van der Waals surface area contributed by atoms with Crippen LogP contribution in [0.2, 0.25) is 0 Å². The fraction of sp³-hybridized carbons (Fsp3) is 1.00. The Labute approximate surface area is 97.2 Å². The Morgan fingerprint density at radius 2 is 1.15 bits per heavy atom. The molecule has 0 aromatic rings. The van der Waals surface area contributed by atoms with Crippen LogP contribution in [0.3, 0.4) is 0 Å². The number of hydrogen-bond donors (Lipinski definition) is 0. The zero-order valence-corrected chi connectivity index (χ0v) is 12.6. The van der Waals surface area contributed by atoms with Crippen LogP contribution in [-0.2, 0) is 41.6 Å². The van der Waals surface area contributed by atoms with Gasteiger partial charge in [0.2, 0.25) is 0 Å². The summed E-state index contributed by atoms with van der Waals surface area (Å²) in [4.78, 5) is 0. The molecule has 0 fully saturated rings. The predicted octanol–water partition coefficient (Wildman–Crippen LogP) is 0.549. The molecule has 76 valence electrons. The molecule has 0 rings (SSSR count). The van der Waals surface area contributed by atoms with Gasteiger partial charge in [-0.25, -0.2) is 0 Å². The maximum Gasteiger partial charge on any atom is 2.00 e. The molecule has 0 bridgehead atoms. The molecule has 0 N–H and O–H groups in total. The Bertz CT molecular complexity index is 127. The van der Waals surface area contributed by atoms with Crippen molar-refractivity contribution in [2.45, 2.75) is 26.7 Å². The van der Waals surface area contributed by atoms with Crippen LogP contribution >= 0.6 is 0 Å². The van der Waals surface area contributed by atoms with E-state index < -0.39 is 22.2 Å². The molecule has 0 saturated heterocycles. The van der Waals surface area contributed by atoms with Crippen LogP contribution in [0.25, 0.3) is 0 Å². The molecular formula is C6H14O4S2Zn. The van der Waals surface area contributed by atoms with Crippen LogP contribution in [0.15, 0.2) is 0 Å². The van der Waals surface area contributed by atoms with Crippen LogP contribution < -0.4 is 0 Å². The average molecular weight is 280 g/mol. The molecule has 0 aliphatic rings. The summed E-state index contributed by atoms with van der Waals surface area (Å²) in [5.74, 6) is 0.583. The van der Waals surface area contributed by atoms with E-state index >= 15 is 0 Å². The third-order valence-electron chi connectivity index (χ3n) is 0.742. The van der Waals surface area contributed by atoms with Gasteiger partial charge in [-0.2, -0.15) is 0 Å². The molecule has 13 heavy (non-hydrogen) atoms. The first kappa shape index (κ1) is 19.4. The molecule has 0 aromatic heterocycles. The van der Waals surface area contributed by atoms with Crippen molar-refractivity contribution in [3.05, 3.63) is 0 Å². The minimum atomic E-state index is -1.82. The summed E-state index contributed by atoms with van der Waals surface area (Å²) < 4.78 is 38.4. The first-order chi connectivity index (χ1) is 5.54. The molecule has 2 atom stereocenters. The first-order valence-electron chi connectivity index (χ1n) is 3.66. The van der Waals surface area contributed by atoms with Crippen molar-refractivity contribution in [3.63, 3.8) is 0 Å². The van der Waals surface area contributed by atoms with E-state index in [1.54, 1.807) is 0 Å². The second kappa shape index (κ2) is 15.3. The molecule has 0 heterocycles. The van der Waals surface area contributed by atoms with Crippen molar-refractivity contribution in [2.24, 2.45) is 0 Å². The molecule has 0 radical (unpaired) electrons. The summed E-state index contributed by atoms with van der Waals surface area (Å²) in [6.07, 6.45) is 1.44. The fourth-order valence-corrected chi connectivity index (χ4v) is 1.000. The van der Waals surface area contributed by atoms with Gasteiger partial charge in [0, 0.05) is 11.5 Å². The second-order valence-electron chi connectivity index (χ2n) is 2.02. The zero-order valence-electron chi connectivity index (χ0n) is 7.99. The quantitative estimate of drug-likeness (QED) is 0.556. The fourth-order valence-electron chi connectivity index (χ4n) is 0.333. The van der Waals surface area contributed by atoms with Gasteiger partial charge in [0.1, 0.15) is 0 Å². The van der Waals surface area contributed by atoms with Crippen LogP contribution in [0.4, 0.5) is 0 Å². The minimum Gasteiger partial charge on any atom is -0.772 e. The molecule has 4 nitrogen and oxygen atoms in total. The maximum atomic E-state index is 9.60. The number of rotatable bonds is 4. The van der Waals surface area contributed by atoms with E-state index in [0.717, 1.165) is 12.8 Å². The van der Waals surface area contributed by atoms with Gasteiger partial charge in [0.15, 0.2) is 0 Å². The van der Waals surface area contributed by atoms with Gasteiger partial charge >= 0.3 is 19.5 Å². The van der Waals surface area contributed by atoms with Crippen molar-refractivity contribution in [2.75, 3.05) is 11.5 Å². The van der Waals surface area contributed by atoms with Gasteiger partial charge in [0.25, 0.3) is 0 Å². The van der Waals surface area contributed by atoms with Crippen molar-refractivity contribution < 1.29 is 37.0 Å². The summed E-state index contributed by atoms with van der Waals surface area (Å²) in [6.45, 7) is 3.66.